The summed E-state index contributed by atoms with van der Waals surface area (Å²) in [6.07, 6.45) is 1.58. The number of aryl methyl sites for hydroxylation is 1. The van der Waals surface area contributed by atoms with Gasteiger partial charge in [-0.25, -0.2) is 4.98 Å². The van der Waals surface area contributed by atoms with Crippen molar-refractivity contribution in [3.8, 4) is 0 Å². The lowest BCUT2D eigenvalue weighted by Gasteiger charge is -2.35. The number of para-hydroxylation sites is 1. The molecule has 2 N–H and O–H groups in total. The number of carbonyl (C=O) groups is 1. The van der Waals surface area contributed by atoms with E-state index < -0.39 is 0 Å². The molecule has 2 aromatic carbocycles. The molecule has 32 heavy (non-hydrogen) atoms. The van der Waals surface area contributed by atoms with Gasteiger partial charge in [0.2, 0.25) is 5.91 Å². The minimum Gasteiger partial charge on any atom is -0.348 e. The lowest BCUT2D eigenvalue weighted by atomic mass is 10.1. The Hall–Kier alpha value is -3.03. The number of piperazine rings is 1. The summed E-state index contributed by atoms with van der Waals surface area (Å²) in [6, 6.07) is 17.4. The molecule has 0 saturated carbocycles. The number of nitrogens with one attached hydrogen (secondary N) is 2. The third kappa shape index (κ3) is 5.81. The summed E-state index contributed by atoms with van der Waals surface area (Å²) in [5, 5.41) is 3.82. The highest BCUT2D eigenvalue weighted by molar-refractivity contribution is 5.77. The first kappa shape index (κ1) is 22.2. The number of hydrogen-bond donors (Lipinski definition) is 2. The number of rotatable bonds is 8. The van der Waals surface area contributed by atoms with E-state index in [-0.39, 0.29) is 17.5 Å². The molecular weight excluding hydrogens is 402 g/mol. The van der Waals surface area contributed by atoms with Gasteiger partial charge < -0.3 is 15.2 Å². The van der Waals surface area contributed by atoms with Crippen LogP contribution < -0.4 is 10.9 Å². The first-order valence-corrected chi connectivity index (χ1v) is 11.3. The molecule has 7 nitrogen and oxygen atoms in total. The highest BCUT2D eigenvalue weighted by Gasteiger charge is 2.21. The van der Waals surface area contributed by atoms with E-state index in [4.69, 9.17) is 0 Å². The van der Waals surface area contributed by atoms with Gasteiger partial charge in [0.25, 0.3) is 5.56 Å². The van der Waals surface area contributed by atoms with Crippen LogP contribution in [-0.2, 0) is 11.2 Å². The van der Waals surface area contributed by atoms with Crippen LogP contribution in [0.4, 0.5) is 0 Å². The molecule has 7 heteroatoms. The van der Waals surface area contributed by atoms with Gasteiger partial charge in [0.05, 0.1) is 16.9 Å². The Bertz CT molecular complexity index is 1090. The van der Waals surface area contributed by atoms with Gasteiger partial charge in [-0.05, 0) is 31.2 Å². The number of benzene rings is 2. The van der Waals surface area contributed by atoms with E-state index >= 15 is 0 Å². The Balaban J connectivity index is 1.34. The third-order valence-corrected chi connectivity index (χ3v) is 6.05. The van der Waals surface area contributed by atoms with Crippen LogP contribution >= 0.6 is 0 Å². The maximum Gasteiger partial charge on any atom is 0.258 e. The van der Waals surface area contributed by atoms with E-state index in [0.29, 0.717) is 36.0 Å². The van der Waals surface area contributed by atoms with Gasteiger partial charge in [-0.3, -0.25) is 14.5 Å². The summed E-state index contributed by atoms with van der Waals surface area (Å²) in [6.45, 7) is 4.93. The molecule has 0 spiro atoms. The van der Waals surface area contributed by atoms with Gasteiger partial charge in [0.15, 0.2) is 0 Å². The van der Waals surface area contributed by atoms with Crippen molar-refractivity contribution in [1.29, 1.82) is 0 Å². The minimum atomic E-state index is -0.133. The van der Waals surface area contributed by atoms with Gasteiger partial charge in [0, 0.05) is 45.6 Å². The summed E-state index contributed by atoms with van der Waals surface area (Å²) in [4.78, 5) is 37.1. The first-order chi connectivity index (χ1) is 15.6. The van der Waals surface area contributed by atoms with Crippen LogP contribution in [0.15, 0.2) is 59.4 Å². The van der Waals surface area contributed by atoms with Crippen LogP contribution in [0.5, 0.6) is 0 Å². The highest BCUT2D eigenvalue weighted by atomic mass is 16.1. The Kier molecular flexibility index (Phi) is 7.29. The summed E-state index contributed by atoms with van der Waals surface area (Å²) in [5.74, 6) is 0.648. The smallest absolute Gasteiger partial charge is 0.258 e. The van der Waals surface area contributed by atoms with Crippen molar-refractivity contribution in [2.24, 2.45) is 0 Å². The van der Waals surface area contributed by atoms with Crippen molar-refractivity contribution in [3.63, 3.8) is 0 Å². The van der Waals surface area contributed by atoms with Crippen molar-refractivity contribution in [2.75, 3.05) is 39.8 Å². The topological polar surface area (TPSA) is 81.3 Å². The quantitative estimate of drug-likeness (QED) is 0.570. The van der Waals surface area contributed by atoms with Crippen molar-refractivity contribution in [1.82, 2.24) is 25.1 Å². The maximum atomic E-state index is 12.8. The van der Waals surface area contributed by atoms with Crippen LogP contribution in [0, 0.1) is 0 Å². The molecule has 1 saturated heterocycles. The average molecular weight is 434 g/mol. The monoisotopic (exact) mass is 433 g/mol. The lowest BCUT2D eigenvalue weighted by Crippen LogP contribution is -2.47. The van der Waals surface area contributed by atoms with Crippen LogP contribution in [-0.4, -0.2) is 65.4 Å². The SMILES string of the molecule is CN1CCN(CC(NC(=O)CCCc2nc3ccccc3c(=O)[nH]2)c2ccccc2)CC1. The first-order valence-electron chi connectivity index (χ1n) is 11.3. The summed E-state index contributed by atoms with van der Waals surface area (Å²) >= 11 is 0. The molecule has 1 fully saturated rings. The number of hydrogen-bond acceptors (Lipinski definition) is 5. The fraction of sp³-hybridized carbons (Fsp3) is 0.400. The average Bonchev–Trinajstić information content (AvgIpc) is 2.81. The molecule has 1 aliphatic rings. The zero-order chi connectivity index (χ0) is 22.3. The Morgan fingerprint density at radius 2 is 1.78 bits per heavy atom. The normalized spacial score (nSPS) is 16.2. The molecule has 4 rings (SSSR count). The fourth-order valence-corrected chi connectivity index (χ4v) is 4.14. The zero-order valence-electron chi connectivity index (χ0n) is 18.6. The van der Waals surface area contributed by atoms with E-state index in [0.717, 1.165) is 38.3 Å². The molecule has 0 aliphatic carbocycles. The molecule has 3 aromatic rings. The van der Waals surface area contributed by atoms with E-state index in [1.807, 2.05) is 36.4 Å². The van der Waals surface area contributed by atoms with Crippen molar-refractivity contribution in [2.45, 2.75) is 25.3 Å². The Morgan fingerprint density at radius 1 is 1.06 bits per heavy atom. The molecule has 1 aliphatic heterocycles. The van der Waals surface area contributed by atoms with Crippen LogP contribution in [0.25, 0.3) is 10.9 Å². The maximum absolute atomic E-state index is 12.8. The third-order valence-electron chi connectivity index (χ3n) is 6.05. The van der Waals surface area contributed by atoms with Crippen molar-refractivity contribution < 1.29 is 4.79 Å². The van der Waals surface area contributed by atoms with Crippen molar-refractivity contribution >= 4 is 16.8 Å². The van der Waals surface area contributed by atoms with Crippen LogP contribution in [0.3, 0.4) is 0 Å². The molecule has 0 bridgehead atoms. The second kappa shape index (κ2) is 10.5. The van der Waals surface area contributed by atoms with Gasteiger partial charge in [-0.1, -0.05) is 42.5 Å². The Labute approximate surface area is 188 Å². The molecule has 1 atom stereocenters. The van der Waals surface area contributed by atoms with E-state index in [2.05, 4.69) is 44.3 Å². The standard InChI is InChI=1S/C25H31N5O2/c1-29-14-16-30(17-15-29)18-22(19-8-3-2-4-9-19)27-24(31)13-7-12-23-26-21-11-6-5-10-20(21)25(32)28-23/h2-6,8-11,22H,7,12-18H2,1H3,(H,27,31)(H,26,28,32). The number of nitrogens with zero attached hydrogens (tertiary/aromatic N) is 3. The number of aromatic nitrogens is 2. The van der Waals surface area contributed by atoms with E-state index in [1.165, 1.54) is 0 Å². The van der Waals surface area contributed by atoms with Gasteiger partial charge in [-0.15, -0.1) is 0 Å². The second-order valence-electron chi connectivity index (χ2n) is 8.52. The fourth-order valence-electron chi connectivity index (χ4n) is 4.14. The molecule has 168 valence electrons. The Morgan fingerprint density at radius 3 is 2.56 bits per heavy atom. The number of fused-ring (bicyclic) bond motifs is 1. The second-order valence-corrected chi connectivity index (χ2v) is 8.52. The number of amides is 1. The summed E-state index contributed by atoms with van der Waals surface area (Å²) in [5.41, 5.74) is 1.68. The number of carbonyl (C=O) groups excluding carboxylic acids is 1. The van der Waals surface area contributed by atoms with Gasteiger partial charge in [0.1, 0.15) is 5.82 Å². The van der Waals surface area contributed by atoms with Crippen LogP contribution in [0.2, 0.25) is 0 Å². The molecule has 1 unspecified atom stereocenters. The number of aromatic amines is 1. The van der Waals surface area contributed by atoms with Crippen molar-refractivity contribution in [3.05, 3.63) is 76.3 Å². The molecular formula is C25H31N5O2. The lowest BCUT2D eigenvalue weighted by molar-refractivity contribution is -0.122. The highest BCUT2D eigenvalue weighted by Crippen LogP contribution is 2.16. The summed E-state index contributed by atoms with van der Waals surface area (Å²) in [7, 11) is 2.14. The zero-order valence-corrected chi connectivity index (χ0v) is 18.6. The number of H-pyrrole nitrogens is 1. The molecule has 1 aromatic heterocycles. The number of likely N-dealkylation sites (N-methyl/N-ethyl adjacent to an activating group) is 1. The predicted molar refractivity (Wildman–Crippen MR) is 127 cm³/mol. The van der Waals surface area contributed by atoms with E-state index in [9.17, 15) is 9.59 Å². The molecule has 1 amide bonds. The van der Waals surface area contributed by atoms with E-state index in [1.54, 1.807) is 6.07 Å². The van der Waals surface area contributed by atoms with Gasteiger partial charge in [-0.2, -0.15) is 0 Å². The minimum absolute atomic E-state index is 0.0242. The molecule has 2 heterocycles. The van der Waals surface area contributed by atoms with Crippen LogP contribution in [0.1, 0.15) is 30.3 Å². The predicted octanol–water partition coefficient (Wildman–Crippen LogP) is 2.35. The largest absolute Gasteiger partial charge is 0.348 e. The summed E-state index contributed by atoms with van der Waals surface area (Å²) < 4.78 is 0. The van der Waals surface area contributed by atoms with Gasteiger partial charge >= 0.3 is 0 Å². The molecule has 0 radical (unpaired) electrons.